The first kappa shape index (κ1) is 20.3. The van der Waals surface area contributed by atoms with Crippen LogP contribution in [0.1, 0.15) is 16.7 Å². The van der Waals surface area contributed by atoms with Crippen LogP contribution in [-0.4, -0.2) is 41.0 Å². The number of sulfonamides is 1. The number of aliphatic imine (C=N–C) groups is 1. The lowest BCUT2D eigenvalue weighted by molar-refractivity contribution is 0.222. The van der Waals surface area contributed by atoms with E-state index in [0.717, 1.165) is 22.9 Å². The average molecular weight is 423 g/mol. The predicted octanol–water partition coefficient (Wildman–Crippen LogP) is 2.44. The number of hydrogen-bond acceptors (Lipinski definition) is 6. The Balaban J connectivity index is 1.87. The van der Waals surface area contributed by atoms with E-state index in [2.05, 4.69) is 9.71 Å². The van der Waals surface area contributed by atoms with Crippen molar-refractivity contribution in [3.8, 4) is 0 Å². The lowest BCUT2D eigenvalue weighted by Crippen LogP contribution is -2.32. The second-order valence-electron chi connectivity index (χ2n) is 6.85. The fraction of sp³-hybridized carbons (Fsp3) is 0.316. The standard InChI is InChI=1S/C19H22N2O5S2/c1-13-7-9-16(10-8-13)28(24,25)19-18(26-12-20-19)11-15-5-4-6-17(14(15)2)21-27(3,22)23/h4-10,12,18-19,21H,11H2,1-3H3. The maximum atomic E-state index is 13.0. The van der Waals surface area contributed by atoms with Gasteiger partial charge in [0, 0.05) is 6.42 Å². The number of sulfone groups is 1. The van der Waals surface area contributed by atoms with E-state index in [4.69, 9.17) is 4.74 Å². The van der Waals surface area contributed by atoms with E-state index in [9.17, 15) is 16.8 Å². The first-order valence-corrected chi connectivity index (χ1v) is 12.1. The minimum Gasteiger partial charge on any atom is -0.477 e. The Morgan fingerprint density at radius 1 is 1.04 bits per heavy atom. The van der Waals surface area contributed by atoms with Crippen LogP contribution in [0.4, 0.5) is 5.69 Å². The highest BCUT2D eigenvalue weighted by Gasteiger charge is 2.38. The molecule has 1 heterocycles. The van der Waals surface area contributed by atoms with Gasteiger partial charge in [-0.3, -0.25) is 4.72 Å². The maximum Gasteiger partial charge on any atom is 0.229 e. The van der Waals surface area contributed by atoms with E-state index >= 15 is 0 Å². The molecule has 0 radical (unpaired) electrons. The Labute approximate surface area is 165 Å². The Morgan fingerprint density at radius 2 is 1.71 bits per heavy atom. The van der Waals surface area contributed by atoms with Crippen LogP contribution in [0, 0.1) is 13.8 Å². The summed E-state index contributed by atoms with van der Waals surface area (Å²) in [5.74, 6) is 0. The van der Waals surface area contributed by atoms with Crippen molar-refractivity contribution in [3.05, 3.63) is 59.2 Å². The van der Waals surface area contributed by atoms with E-state index in [1.165, 1.54) is 6.40 Å². The third kappa shape index (κ3) is 4.36. The van der Waals surface area contributed by atoms with Gasteiger partial charge in [0.25, 0.3) is 0 Å². The average Bonchev–Trinajstić information content (AvgIpc) is 3.07. The molecule has 0 aliphatic carbocycles. The fourth-order valence-electron chi connectivity index (χ4n) is 3.06. The molecule has 2 unspecified atom stereocenters. The van der Waals surface area contributed by atoms with Crippen LogP contribution < -0.4 is 4.72 Å². The molecular weight excluding hydrogens is 400 g/mol. The van der Waals surface area contributed by atoms with E-state index in [1.54, 1.807) is 43.3 Å². The van der Waals surface area contributed by atoms with Crippen LogP contribution >= 0.6 is 0 Å². The quantitative estimate of drug-likeness (QED) is 0.770. The maximum absolute atomic E-state index is 13.0. The summed E-state index contributed by atoms with van der Waals surface area (Å²) in [6, 6.07) is 11.8. The van der Waals surface area contributed by atoms with Crippen molar-refractivity contribution in [2.75, 3.05) is 11.0 Å². The van der Waals surface area contributed by atoms with Crippen molar-refractivity contribution in [2.45, 2.75) is 36.6 Å². The van der Waals surface area contributed by atoms with Crippen LogP contribution in [0.2, 0.25) is 0 Å². The molecule has 0 aromatic heterocycles. The third-order valence-electron chi connectivity index (χ3n) is 4.59. The van der Waals surface area contributed by atoms with Gasteiger partial charge in [0.05, 0.1) is 16.8 Å². The van der Waals surface area contributed by atoms with Crippen molar-refractivity contribution in [1.29, 1.82) is 0 Å². The van der Waals surface area contributed by atoms with Gasteiger partial charge in [0.2, 0.25) is 19.9 Å². The minimum absolute atomic E-state index is 0.194. The number of hydrogen-bond donors (Lipinski definition) is 1. The molecule has 2 aromatic rings. The van der Waals surface area contributed by atoms with Crippen LogP contribution in [0.3, 0.4) is 0 Å². The van der Waals surface area contributed by atoms with Gasteiger partial charge in [-0.25, -0.2) is 21.8 Å². The Bertz CT molecular complexity index is 1110. The molecule has 7 nitrogen and oxygen atoms in total. The molecule has 0 spiro atoms. The Hall–Kier alpha value is -2.39. The Morgan fingerprint density at radius 3 is 2.36 bits per heavy atom. The smallest absolute Gasteiger partial charge is 0.229 e. The lowest BCUT2D eigenvalue weighted by Gasteiger charge is -2.20. The Kier molecular flexibility index (Phi) is 5.49. The summed E-state index contributed by atoms with van der Waals surface area (Å²) in [5.41, 5.74) is 2.92. The number of ether oxygens (including phenoxy) is 1. The van der Waals surface area contributed by atoms with Crippen molar-refractivity contribution in [1.82, 2.24) is 0 Å². The first-order chi connectivity index (χ1) is 13.1. The van der Waals surface area contributed by atoms with Crippen LogP contribution in [-0.2, 0) is 31.0 Å². The predicted molar refractivity (Wildman–Crippen MR) is 109 cm³/mol. The van der Waals surface area contributed by atoms with Gasteiger partial charge in [-0.15, -0.1) is 0 Å². The normalized spacial score (nSPS) is 19.4. The van der Waals surface area contributed by atoms with Gasteiger partial charge in [0.1, 0.15) is 6.10 Å². The third-order valence-corrected chi connectivity index (χ3v) is 7.17. The van der Waals surface area contributed by atoms with E-state index in [0.29, 0.717) is 5.69 Å². The topological polar surface area (TPSA) is 102 Å². The van der Waals surface area contributed by atoms with E-state index in [1.807, 2.05) is 13.0 Å². The summed E-state index contributed by atoms with van der Waals surface area (Å²) in [7, 11) is -7.13. The van der Waals surface area contributed by atoms with Crippen molar-refractivity contribution in [3.63, 3.8) is 0 Å². The molecule has 0 bridgehead atoms. The molecule has 1 aliphatic rings. The molecule has 1 N–H and O–H groups in total. The second-order valence-corrected chi connectivity index (χ2v) is 10.6. The number of benzene rings is 2. The summed E-state index contributed by atoms with van der Waals surface area (Å²) in [6.07, 6.45) is 1.84. The highest BCUT2D eigenvalue weighted by molar-refractivity contribution is 7.92. The molecule has 2 aromatic carbocycles. The van der Waals surface area contributed by atoms with Gasteiger partial charge < -0.3 is 4.74 Å². The zero-order valence-electron chi connectivity index (χ0n) is 15.8. The van der Waals surface area contributed by atoms with Gasteiger partial charge in [-0.2, -0.15) is 0 Å². The molecule has 0 saturated carbocycles. The fourth-order valence-corrected chi connectivity index (χ4v) is 5.25. The minimum atomic E-state index is -3.71. The number of nitrogens with zero attached hydrogens (tertiary/aromatic N) is 1. The second kappa shape index (κ2) is 7.56. The first-order valence-electron chi connectivity index (χ1n) is 8.62. The molecule has 3 rings (SSSR count). The number of anilines is 1. The van der Waals surface area contributed by atoms with E-state index in [-0.39, 0.29) is 11.3 Å². The number of aryl methyl sites for hydroxylation is 1. The molecule has 2 atom stereocenters. The highest BCUT2D eigenvalue weighted by atomic mass is 32.2. The van der Waals surface area contributed by atoms with Crippen molar-refractivity contribution < 1.29 is 21.6 Å². The number of nitrogens with one attached hydrogen (secondary N) is 1. The SMILES string of the molecule is Cc1ccc(S(=O)(=O)C2N=COC2Cc2cccc(NS(C)(=O)=O)c2C)cc1. The van der Waals surface area contributed by atoms with Gasteiger partial charge >= 0.3 is 0 Å². The molecule has 0 amide bonds. The van der Waals surface area contributed by atoms with Gasteiger partial charge in [-0.1, -0.05) is 29.8 Å². The molecule has 0 saturated heterocycles. The van der Waals surface area contributed by atoms with Gasteiger partial charge in [0.15, 0.2) is 11.8 Å². The molecule has 0 fully saturated rings. The summed E-state index contributed by atoms with van der Waals surface area (Å²) in [5, 5.41) is -1.05. The summed E-state index contributed by atoms with van der Waals surface area (Å²) in [6.45, 7) is 3.67. The summed E-state index contributed by atoms with van der Waals surface area (Å²) in [4.78, 5) is 4.24. The van der Waals surface area contributed by atoms with Gasteiger partial charge in [-0.05, 0) is 43.2 Å². The molecule has 9 heteroatoms. The van der Waals surface area contributed by atoms with Crippen molar-refractivity contribution >= 4 is 31.9 Å². The zero-order valence-corrected chi connectivity index (χ0v) is 17.4. The largest absolute Gasteiger partial charge is 0.477 e. The molecule has 1 aliphatic heterocycles. The monoisotopic (exact) mass is 422 g/mol. The molecule has 28 heavy (non-hydrogen) atoms. The zero-order chi connectivity index (χ0) is 20.5. The summed E-state index contributed by atoms with van der Waals surface area (Å²) >= 11 is 0. The lowest BCUT2D eigenvalue weighted by atomic mass is 10.0. The van der Waals surface area contributed by atoms with Crippen LogP contribution in [0.15, 0.2) is 52.4 Å². The highest BCUT2D eigenvalue weighted by Crippen LogP contribution is 2.28. The van der Waals surface area contributed by atoms with Crippen molar-refractivity contribution in [2.24, 2.45) is 4.99 Å². The van der Waals surface area contributed by atoms with E-state index < -0.39 is 31.3 Å². The van der Waals surface area contributed by atoms with Crippen LogP contribution in [0.5, 0.6) is 0 Å². The molecular formula is C19H22N2O5S2. The number of rotatable bonds is 6. The summed E-state index contributed by atoms with van der Waals surface area (Å²) < 4.78 is 57.0. The van der Waals surface area contributed by atoms with Crippen LogP contribution in [0.25, 0.3) is 0 Å². The molecule has 150 valence electrons.